The van der Waals surface area contributed by atoms with Crippen LogP contribution in [0, 0.1) is 5.41 Å². The normalized spacial score (nSPS) is 10.1. The van der Waals surface area contributed by atoms with Gasteiger partial charge in [0, 0.05) is 13.6 Å². The molecule has 0 aliphatic carbocycles. The molecule has 0 atom stereocenters. The number of hydrogen-bond acceptors (Lipinski definition) is 3. The van der Waals surface area contributed by atoms with Gasteiger partial charge in [-0.05, 0) is 25.0 Å². The monoisotopic (exact) mass is 248 g/mol. The molecule has 0 aliphatic rings. The van der Waals surface area contributed by atoms with E-state index in [-0.39, 0.29) is 0 Å². The molecule has 0 rings (SSSR count). The molecule has 0 radical (unpaired) electrons. The highest BCUT2D eigenvalue weighted by molar-refractivity contribution is 7.77. The number of thiol groups is 1. The second-order valence-corrected chi connectivity index (χ2v) is 4.13. The molecule has 0 aromatic heterocycles. The van der Waals surface area contributed by atoms with Gasteiger partial charge >= 0.3 is 0 Å². The molecular weight excluding hydrogens is 216 g/mol. The third-order valence-corrected chi connectivity index (χ3v) is 2.17. The smallest absolute Gasteiger partial charge is 0.0140 e. The first-order chi connectivity index (χ1) is 7.52. The van der Waals surface area contributed by atoms with Gasteiger partial charge in [0.05, 0.1) is 0 Å². The number of nitrogens with zero attached hydrogens (tertiary/aromatic N) is 1. The van der Waals surface area contributed by atoms with Gasteiger partial charge < -0.3 is 4.90 Å². The summed E-state index contributed by atoms with van der Waals surface area (Å²) in [6.07, 6.45) is 7.02. The number of allylic oxidation sites excluding steroid dienone is 1. The predicted octanol–water partition coefficient (Wildman–Crippen LogP) is 4.09. The molecule has 0 aromatic carbocycles. The largest absolute Gasteiger partial charge is 0.381 e. The Bertz CT molecular complexity index is 145. The van der Waals surface area contributed by atoms with Crippen LogP contribution in [-0.2, 0) is 0 Å². The zero-order valence-corrected chi connectivity index (χ0v) is 13.1. The van der Waals surface area contributed by atoms with Crippen LogP contribution in [0.5, 0.6) is 0 Å². The Balaban J connectivity index is -0.000000376. The summed E-state index contributed by atoms with van der Waals surface area (Å²) < 4.78 is 0. The molecule has 0 fully saturated rings. The summed E-state index contributed by atoms with van der Waals surface area (Å²) >= 11 is 3.03. The topological polar surface area (TPSA) is 29.3 Å². The molecule has 2 nitrogen and oxygen atoms in total. The lowest BCUT2D eigenvalue weighted by molar-refractivity contribution is 0.412. The maximum atomic E-state index is 4.19. The molecule has 0 saturated carbocycles. The average molecular weight is 248 g/mol. The highest BCUT2D eigenvalue weighted by Crippen LogP contribution is 2.23. The zero-order valence-electron chi connectivity index (χ0n) is 12.2. The highest BCUT2D eigenvalue weighted by atomic mass is 32.1. The first-order valence-corrected chi connectivity index (χ1v) is 6.69. The molecule has 2 N–H and O–H groups in total. The Kier molecular flexibility index (Phi) is 19.6. The minimum absolute atomic E-state index is 0.359. The molecule has 100 valence electrons. The summed E-state index contributed by atoms with van der Waals surface area (Å²) in [6, 6.07) is 0. The van der Waals surface area contributed by atoms with E-state index in [4.69, 9.17) is 0 Å². The van der Waals surface area contributed by atoms with Crippen LogP contribution < -0.4 is 5.14 Å². The van der Waals surface area contributed by atoms with Crippen molar-refractivity contribution in [2.24, 2.45) is 10.6 Å². The minimum Gasteiger partial charge on any atom is -0.381 e. The SMILES string of the molecule is CC.CCCC(C)(C)C=CN(C)CC.NS. The van der Waals surface area contributed by atoms with Gasteiger partial charge in [0.25, 0.3) is 0 Å². The van der Waals surface area contributed by atoms with Crippen LogP contribution in [0.3, 0.4) is 0 Å². The Morgan fingerprint density at radius 1 is 1.19 bits per heavy atom. The summed E-state index contributed by atoms with van der Waals surface area (Å²) in [5, 5.41) is 4.19. The summed E-state index contributed by atoms with van der Waals surface area (Å²) in [7, 11) is 2.11. The predicted molar refractivity (Wildman–Crippen MR) is 80.7 cm³/mol. The van der Waals surface area contributed by atoms with Crippen molar-refractivity contribution in [2.75, 3.05) is 13.6 Å². The van der Waals surface area contributed by atoms with Gasteiger partial charge in [0.2, 0.25) is 0 Å². The summed E-state index contributed by atoms with van der Waals surface area (Å²) in [4.78, 5) is 2.21. The second-order valence-electron chi connectivity index (χ2n) is 4.13. The number of hydrogen-bond donors (Lipinski definition) is 2. The maximum absolute atomic E-state index is 4.19. The van der Waals surface area contributed by atoms with Gasteiger partial charge in [0.15, 0.2) is 0 Å². The third kappa shape index (κ3) is 16.3. The van der Waals surface area contributed by atoms with Crippen LogP contribution in [0.25, 0.3) is 0 Å². The van der Waals surface area contributed by atoms with Crippen molar-refractivity contribution in [3.05, 3.63) is 12.3 Å². The molecule has 0 unspecified atom stereocenters. The molecular formula is C13H32N2S. The molecule has 0 aliphatic heterocycles. The van der Waals surface area contributed by atoms with E-state index in [1.54, 1.807) is 0 Å². The molecule has 0 saturated heterocycles. The Morgan fingerprint density at radius 2 is 1.62 bits per heavy atom. The Morgan fingerprint density at radius 3 is 1.94 bits per heavy atom. The van der Waals surface area contributed by atoms with Crippen molar-refractivity contribution >= 4 is 12.8 Å². The van der Waals surface area contributed by atoms with Crippen molar-refractivity contribution in [2.45, 2.75) is 54.4 Å². The van der Waals surface area contributed by atoms with Gasteiger partial charge in [-0.2, -0.15) is 0 Å². The van der Waals surface area contributed by atoms with E-state index < -0.39 is 0 Å². The van der Waals surface area contributed by atoms with E-state index in [0.717, 1.165) is 6.54 Å². The van der Waals surface area contributed by atoms with Gasteiger partial charge in [-0.3, -0.25) is 5.14 Å². The van der Waals surface area contributed by atoms with Crippen molar-refractivity contribution in [3.63, 3.8) is 0 Å². The van der Waals surface area contributed by atoms with Crippen LogP contribution in [0.2, 0.25) is 0 Å². The maximum Gasteiger partial charge on any atom is 0.0140 e. The molecule has 3 heteroatoms. The molecule has 0 bridgehead atoms. The van der Waals surface area contributed by atoms with Crippen molar-refractivity contribution < 1.29 is 0 Å². The summed E-state index contributed by atoms with van der Waals surface area (Å²) in [5.41, 5.74) is 0.359. The molecule has 0 amide bonds. The zero-order chi connectivity index (χ0) is 13.6. The van der Waals surface area contributed by atoms with Crippen LogP contribution in [0.1, 0.15) is 54.4 Å². The van der Waals surface area contributed by atoms with Crippen molar-refractivity contribution in [3.8, 4) is 0 Å². The van der Waals surface area contributed by atoms with Crippen molar-refractivity contribution in [1.29, 1.82) is 0 Å². The third-order valence-electron chi connectivity index (χ3n) is 2.17. The van der Waals surface area contributed by atoms with Crippen LogP contribution in [0.4, 0.5) is 0 Å². The summed E-state index contributed by atoms with van der Waals surface area (Å²) in [6.45, 7) is 14.1. The first-order valence-electron chi connectivity index (χ1n) is 6.17. The van der Waals surface area contributed by atoms with Gasteiger partial charge in [0.1, 0.15) is 0 Å². The van der Waals surface area contributed by atoms with E-state index in [1.807, 2.05) is 13.8 Å². The van der Waals surface area contributed by atoms with Crippen LogP contribution in [-0.4, -0.2) is 18.5 Å². The standard InChI is InChI=1S/C11H23N.C2H6.H3NS/c1-6-8-11(3,4)9-10-12(5)7-2;2*1-2/h9-10H,6-8H2,1-5H3;1-2H3;2H,1H2. The second kappa shape index (κ2) is 14.8. The number of rotatable bonds is 5. The molecule has 0 spiro atoms. The average Bonchev–Trinajstić information content (AvgIpc) is 2.31. The lowest BCUT2D eigenvalue weighted by atomic mass is 9.88. The van der Waals surface area contributed by atoms with Gasteiger partial charge in [-0.1, -0.05) is 47.1 Å². The van der Waals surface area contributed by atoms with Gasteiger partial charge in [-0.15, -0.1) is 12.8 Å². The molecule has 16 heavy (non-hydrogen) atoms. The van der Waals surface area contributed by atoms with E-state index in [1.165, 1.54) is 12.8 Å². The highest BCUT2D eigenvalue weighted by Gasteiger charge is 2.11. The molecule has 0 aromatic rings. The fraction of sp³-hybridized carbons (Fsp3) is 0.846. The fourth-order valence-corrected chi connectivity index (χ4v) is 1.16. The lowest BCUT2D eigenvalue weighted by Gasteiger charge is -2.20. The Labute approximate surface area is 109 Å². The van der Waals surface area contributed by atoms with Gasteiger partial charge in [-0.25, -0.2) is 0 Å². The van der Waals surface area contributed by atoms with Crippen LogP contribution in [0.15, 0.2) is 12.3 Å². The first kappa shape index (κ1) is 21.2. The minimum atomic E-state index is 0.359. The molecule has 0 heterocycles. The van der Waals surface area contributed by atoms with Crippen LogP contribution >= 0.6 is 12.8 Å². The quantitative estimate of drug-likeness (QED) is 0.718. The number of nitrogens with two attached hydrogens (primary N) is 1. The van der Waals surface area contributed by atoms with E-state index >= 15 is 0 Å². The fourth-order valence-electron chi connectivity index (χ4n) is 1.16. The van der Waals surface area contributed by atoms with E-state index in [0.29, 0.717) is 5.41 Å². The van der Waals surface area contributed by atoms with E-state index in [2.05, 4.69) is 69.9 Å². The Hall–Kier alpha value is -0.150. The van der Waals surface area contributed by atoms with Crippen molar-refractivity contribution in [1.82, 2.24) is 4.90 Å². The lowest BCUT2D eigenvalue weighted by Crippen LogP contribution is -2.12. The van der Waals surface area contributed by atoms with E-state index in [9.17, 15) is 0 Å². The summed E-state index contributed by atoms with van der Waals surface area (Å²) in [5.74, 6) is 0.